The Hall–Kier alpha value is -1.22. The Morgan fingerprint density at radius 2 is 2.00 bits per heavy atom. The quantitative estimate of drug-likeness (QED) is 0.691. The molecular formula is C11H17NO2. The maximum absolute atomic E-state index is 9.83. The Labute approximate surface area is 84.2 Å². The van der Waals surface area contributed by atoms with Gasteiger partial charge in [-0.1, -0.05) is 19.4 Å². The smallest absolute Gasteiger partial charge is 0.127 e. The van der Waals surface area contributed by atoms with E-state index in [1.807, 2.05) is 13.8 Å². The van der Waals surface area contributed by atoms with Crippen molar-refractivity contribution in [3.8, 4) is 11.5 Å². The van der Waals surface area contributed by atoms with Crippen LogP contribution in [0, 0.1) is 0 Å². The molecule has 0 saturated carbocycles. The number of nitrogens with two attached hydrogens (primary N) is 1. The fourth-order valence-corrected chi connectivity index (χ4v) is 1.51. The van der Waals surface area contributed by atoms with E-state index in [4.69, 9.17) is 5.73 Å². The van der Waals surface area contributed by atoms with Crippen LogP contribution in [0.4, 0.5) is 0 Å². The highest BCUT2D eigenvalue weighted by molar-refractivity contribution is 5.49. The zero-order chi connectivity index (χ0) is 10.7. The van der Waals surface area contributed by atoms with Gasteiger partial charge >= 0.3 is 0 Å². The van der Waals surface area contributed by atoms with Gasteiger partial charge in [-0.25, -0.2) is 0 Å². The molecular weight excluding hydrogens is 178 g/mol. The molecule has 0 aliphatic heterocycles. The normalized spacial score (nSPS) is 12.8. The first-order chi connectivity index (χ1) is 6.57. The van der Waals surface area contributed by atoms with Gasteiger partial charge in [0.1, 0.15) is 11.5 Å². The average Bonchev–Trinajstić information content (AvgIpc) is 2.11. The van der Waals surface area contributed by atoms with Crippen LogP contribution in [0.2, 0.25) is 0 Å². The van der Waals surface area contributed by atoms with Crippen molar-refractivity contribution in [1.29, 1.82) is 0 Å². The van der Waals surface area contributed by atoms with E-state index >= 15 is 0 Å². The van der Waals surface area contributed by atoms with Gasteiger partial charge in [-0.2, -0.15) is 0 Å². The number of hydrogen-bond acceptors (Lipinski definition) is 3. The highest BCUT2D eigenvalue weighted by atomic mass is 16.3. The third-order valence-corrected chi connectivity index (χ3v) is 2.28. The van der Waals surface area contributed by atoms with Crippen LogP contribution in [0.15, 0.2) is 12.1 Å². The first kappa shape index (κ1) is 10.9. The van der Waals surface area contributed by atoms with E-state index in [9.17, 15) is 10.2 Å². The fraction of sp³-hybridized carbons (Fsp3) is 0.455. The molecule has 0 aliphatic carbocycles. The van der Waals surface area contributed by atoms with Crippen molar-refractivity contribution in [2.24, 2.45) is 5.73 Å². The topological polar surface area (TPSA) is 66.5 Å². The third kappa shape index (κ3) is 1.99. The molecule has 0 heterocycles. The summed E-state index contributed by atoms with van der Waals surface area (Å²) in [5.74, 6) is 0.288. The van der Waals surface area contributed by atoms with Crippen LogP contribution < -0.4 is 5.73 Å². The van der Waals surface area contributed by atoms with Crippen molar-refractivity contribution in [3.63, 3.8) is 0 Å². The van der Waals surface area contributed by atoms with E-state index in [1.54, 1.807) is 12.1 Å². The molecule has 1 rings (SSSR count). The summed E-state index contributed by atoms with van der Waals surface area (Å²) in [5.41, 5.74) is 6.97. The van der Waals surface area contributed by atoms with Crippen molar-refractivity contribution < 1.29 is 10.2 Å². The molecule has 78 valence electrons. The Bertz CT molecular complexity index is 321. The van der Waals surface area contributed by atoms with E-state index in [0.29, 0.717) is 17.5 Å². The molecule has 14 heavy (non-hydrogen) atoms. The summed E-state index contributed by atoms with van der Waals surface area (Å²) < 4.78 is 0. The molecule has 3 heteroatoms. The molecule has 3 nitrogen and oxygen atoms in total. The highest BCUT2D eigenvalue weighted by Gasteiger charge is 2.13. The number of hydrogen-bond donors (Lipinski definition) is 3. The van der Waals surface area contributed by atoms with Crippen LogP contribution in [0.25, 0.3) is 0 Å². The first-order valence-electron chi connectivity index (χ1n) is 4.87. The maximum Gasteiger partial charge on any atom is 0.127 e. The van der Waals surface area contributed by atoms with Crippen LogP contribution in [-0.2, 0) is 6.42 Å². The lowest BCUT2D eigenvalue weighted by Crippen LogP contribution is -2.06. The second kappa shape index (κ2) is 4.33. The first-order valence-corrected chi connectivity index (χ1v) is 4.87. The summed E-state index contributed by atoms with van der Waals surface area (Å²) in [5, 5.41) is 19.4. The number of phenolic OH excluding ortho intramolecular Hbond substituents is 2. The number of benzene rings is 1. The Morgan fingerprint density at radius 3 is 2.50 bits per heavy atom. The summed E-state index contributed by atoms with van der Waals surface area (Å²) in [6.07, 6.45) is 1.54. The van der Waals surface area contributed by atoms with Gasteiger partial charge in [0, 0.05) is 17.2 Å². The van der Waals surface area contributed by atoms with Gasteiger partial charge in [0.25, 0.3) is 0 Å². The molecule has 0 spiro atoms. The third-order valence-electron chi connectivity index (χ3n) is 2.28. The van der Waals surface area contributed by atoms with Crippen molar-refractivity contribution in [3.05, 3.63) is 23.3 Å². The predicted molar refractivity (Wildman–Crippen MR) is 56.4 cm³/mol. The predicted octanol–water partition coefficient (Wildman–Crippen LogP) is 2.07. The largest absolute Gasteiger partial charge is 0.508 e. The molecule has 1 aromatic carbocycles. The lowest BCUT2D eigenvalue weighted by molar-refractivity contribution is 0.430. The van der Waals surface area contributed by atoms with Gasteiger partial charge in [0.05, 0.1) is 0 Å². The minimum atomic E-state index is -0.216. The van der Waals surface area contributed by atoms with Crippen molar-refractivity contribution >= 4 is 0 Å². The van der Waals surface area contributed by atoms with Crippen LogP contribution in [0.3, 0.4) is 0 Å². The van der Waals surface area contributed by atoms with E-state index in [2.05, 4.69) is 0 Å². The van der Waals surface area contributed by atoms with Crippen LogP contribution in [0.1, 0.15) is 37.4 Å². The lowest BCUT2D eigenvalue weighted by atomic mass is 10.00. The van der Waals surface area contributed by atoms with Gasteiger partial charge in [-0.05, 0) is 19.4 Å². The zero-order valence-corrected chi connectivity index (χ0v) is 8.62. The Morgan fingerprint density at radius 1 is 1.36 bits per heavy atom. The lowest BCUT2D eigenvalue weighted by Gasteiger charge is -2.13. The van der Waals surface area contributed by atoms with Gasteiger partial charge in [0.15, 0.2) is 0 Å². The second-order valence-corrected chi connectivity index (χ2v) is 3.54. The highest BCUT2D eigenvalue weighted by Crippen LogP contribution is 2.33. The standard InChI is InChI=1S/C11H17NO2/c1-3-4-9-10(13)6-5-8(7(2)12)11(9)14/h5-7,13-14H,3-4,12H2,1-2H3/t7-/m1/s1. The maximum atomic E-state index is 9.83. The minimum absolute atomic E-state index is 0.141. The molecule has 1 atom stereocenters. The molecule has 0 aliphatic rings. The second-order valence-electron chi connectivity index (χ2n) is 3.54. The van der Waals surface area contributed by atoms with Gasteiger partial charge < -0.3 is 15.9 Å². The van der Waals surface area contributed by atoms with Crippen molar-refractivity contribution in [2.75, 3.05) is 0 Å². The number of phenols is 2. The van der Waals surface area contributed by atoms with E-state index in [1.165, 1.54) is 0 Å². The minimum Gasteiger partial charge on any atom is -0.508 e. The van der Waals surface area contributed by atoms with Crippen LogP contribution >= 0.6 is 0 Å². The SMILES string of the molecule is CCCc1c(O)ccc([C@@H](C)N)c1O. The number of rotatable bonds is 3. The van der Waals surface area contributed by atoms with Gasteiger partial charge in [-0.15, -0.1) is 0 Å². The van der Waals surface area contributed by atoms with Crippen LogP contribution in [-0.4, -0.2) is 10.2 Å². The summed E-state index contributed by atoms with van der Waals surface area (Å²) in [6, 6.07) is 3.03. The summed E-state index contributed by atoms with van der Waals surface area (Å²) in [6.45, 7) is 3.80. The summed E-state index contributed by atoms with van der Waals surface area (Å²) in [7, 11) is 0. The zero-order valence-electron chi connectivity index (χ0n) is 8.62. The summed E-state index contributed by atoms with van der Waals surface area (Å²) >= 11 is 0. The van der Waals surface area contributed by atoms with Crippen molar-refractivity contribution in [1.82, 2.24) is 0 Å². The van der Waals surface area contributed by atoms with Gasteiger partial charge in [-0.3, -0.25) is 0 Å². The molecule has 0 bridgehead atoms. The monoisotopic (exact) mass is 195 g/mol. The fourth-order valence-electron chi connectivity index (χ4n) is 1.51. The average molecular weight is 195 g/mol. The van der Waals surface area contributed by atoms with E-state index < -0.39 is 0 Å². The van der Waals surface area contributed by atoms with E-state index in [0.717, 1.165) is 6.42 Å². The van der Waals surface area contributed by atoms with Crippen molar-refractivity contribution in [2.45, 2.75) is 32.7 Å². The summed E-state index contributed by atoms with van der Waals surface area (Å²) in [4.78, 5) is 0. The Balaban J connectivity index is 3.19. The van der Waals surface area contributed by atoms with Gasteiger partial charge in [0.2, 0.25) is 0 Å². The molecule has 0 radical (unpaired) electrons. The van der Waals surface area contributed by atoms with Crippen LogP contribution in [0.5, 0.6) is 11.5 Å². The molecule has 0 saturated heterocycles. The molecule has 0 unspecified atom stereocenters. The Kier molecular flexibility index (Phi) is 3.36. The number of aromatic hydroxyl groups is 2. The molecule has 0 aromatic heterocycles. The molecule has 0 amide bonds. The molecule has 0 fully saturated rings. The molecule has 1 aromatic rings. The molecule has 4 N–H and O–H groups in total. The van der Waals surface area contributed by atoms with E-state index in [-0.39, 0.29) is 17.5 Å².